The average Bonchev–Trinajstić information content (AvgIpc) is 3.13. The number of non-ortho nitro benzene ring substituents is 1. The van der Waals surface area contributed by atoms with Crippen molar-refractivity contribution in [2.24, 2.45) is 5.92 Å². The number of carbonyl (C=O) groups excluding carboxylic acids is 2. The van der Waals surface area contributed by atoms with Crippen molar-refractivity contribution in [3.63, 3.8) is 0 Å². The summed E-state index contributed by atoms with van der Waals surface area (Å²) in [6.07, 6.45) is 4.15. The van der Waals surface area contributed by atoms with E-state index in [9.17, 15) is 19.7 Å². The molecule has 0 spiro atoms. The van der Waals surface area contributed by atoms with Crippen LogP contribution < -0.4 is 10.6 Å². The van der Waals surface area contributed by atoms with Gasteiger partial charge in [0.05, 0.1) is 10.2 Å². The third-order valence-corrected chi connectivity index (χ3v) is 5.29. The van der Waals surface area contributed by atoms with Crippen LogP contribution in [0.25, 0.3) is 0 Å². The van der Waals surface area contributed by atoms with Gasteiger partial charge in [-0.2, -0.15) is 0 Å². The van der Waals surface area contributed by atoms with Crippen LogP contribution in [0.15, 0.2) is 29.2 Å². The van der Waals surface area contributed by atoms with Gasteiger partial charge < -0.3 is 10.6 Å². The summed E-state index contributed by atoms with van der Waals surface area (Å²) in [5.74, 6) is 0.0887. The molecule has 136 valence electrons. The quantitative estimate of drug-likeness (QED) is 0.319. The zero-order valence-corrected chi connectivity index (χ0v) is 15.0. The zero-order chi connectivity index (χ0) is 18.2. The lowest BCUT2D eigenvalue weighted by Gasteiger charge is -2.13. The van der Waals surface area contributed by atoms with Gasteiger partial charge in [0.15, 0.2) is 0 Å². The number of benzene rings is 1. The van der Waals surface area contributed by atoms with Crippen LogP contribution in [-0.2, 0) is 9.59 Å². The molecule has 0 aromatic heterocycles. The van der Waals surface area contributed by atoms with Crippen molar-refractivity contribution in [1.82, 2.24) is 10.6 Å². The maximum absolute atomic E-state index is 12.1. The molecule has 1 saturated carbocycles. The average molecular weight is 365 g/mol. The number of nitrogens with zero attached hydrogens (tertiary/aromatic N) is 1. The second kappa shape index (κ2) is 9.41. The summed E-state index contributed by atoms with van der Waals surface area (Å²) in [4.78, 5) is 34.9. The van der Waals surface area contributed by atoms with Crippen molar-refractivity contribution in [3.8, 4) is 0 Å². The highest BCUT2D eigenvalue weighted by molar-refractivity contribution is 8.00. The van der Waals surface area contributed by atoms with E-state index >= 15 is 0 Å². The van der Waals surface area contributed by atoms with E-state index in [-0.39, 0.29) is 28.7 Å². The molecule has 1 fully saturated rings. The first-order chi connectivity index (χ1) is 12.0. The van der Waals surface area contributed by atoms with Gasteiger partial charge in [-0.05, 0) is 31.9 Å². The van der Waals surface area contributed by atoms with Gasteiger partial charge in [-0.3, -0.25) is 19.7 Å². The fourth-order valence-electron chi connectivity index (χ4n) is 2.75. The molecular formula is C17H23N3O4S. The molecule has 0 radical (unpaired) electrons. The second-order valence-electron chi connectivity index (χ2n) is 6.07. The lowest BCUT2D eigenvalue weighted by atomic mass is 10.1. The Bertz CT molecular complexity index is 615. The topological polar surface area (TPSA) is 101 Å². The van der Waals surface area contributed by atoms with Crippen LogP contribution in [-0.4, -0.2) is 35.1 Å². The lowest BCUT2D eigenvalue weighted by molar-refractivity contribution is -0.384. The maximum Gasteiger partial charge on any atom is 0.269 e. The molecule has 2 amide bonds. The lowest BCUT2D eigenvalue weighted by Crippen LogP contribution is -2.39. The third kappa shape index (κ3) is 6.04. The highest BCUT2D eigenvalue weighted by atomic mass is 32.2. The van der Waals surface area contributed by atoms with Crippen LogP contribution >= 0.6 is 11.8 Å². The minimum absolute atomic E-state index is 0.0273. The van der Waals surface area contributed by atoms with Crippen LogP contribution in [0.5, 0.6) is 0 Å². The Morgan fingerprint density at radius 2 is 1.80 bits per heavy atom. The Morgan fingerprint density at radius 1 is 1.20 bits per heavy atom. The van der Waals surface area contributed by atoms with Crippen molar-refractivity contribution in [2.75, 3.05) is 13.1 Å². The first kappa shape index (κ1) is 19.2. The van der Waals surface area contributed by atoms with Gasteiger partial charge >= 0.3 is 0 Å². The molecule has 1 aliphatic rings. The molecule has 7 nitrogen and oxygen atoms in total. The van der Waals surface area contributed by atoms with E-state index in [0.717, 1.165) is 30.6 Å². The minimum Gasteiger partial charge on any atom is -0.354 e. The number of hydrogen-bond acceptors (Lipinski definition) is 5. The van der Waals surface area contributed by atoms with Gasteiger partial charge in [-0.1, -0.05) is 12.8 Å². The molecule has 1 aliphatic carbocycles. The number of carbonyl (C=O) groups is 2. The summed E-state index contributed by atoms with van der Waals surface area (Å²) in [6, 6.07) is 6.11. The number of thioether (sulfide) groups is 1. The molecule has 0 aliphatic heterocycles. The summed E-state index contributed by atoms with van der Waals surface area (Å²) in [7, 11) is 0. The predicted octanol–water partition coefficient (Wildman–Crippen LogP) is 2.50. The van der Waals surface area contributed by atoms with Gasteiger partial charge in [0, 0.05) is 36.0 Å². The number of nitro groups is 1. The molecule has 8 heteroatoms. The van der Waals surface area contributed by atoms with E-state index in [0.29, 0.717) is 13.1 Å². The van der Waals surface area contributed by atoms with Crippen LogP contribution in [0.1, 0.15) is 32.6 Å². The largest absolute Gasteiger partial charge is 0.354 e. The van der Waals surface area contributed by atoms with Gasteiger partial charge in [0.2, 0.25) is 11.8 Å². The van der Waals surface area contributed by atoms with E-state index in [1.54, 1.807) is 19.1 Å². The van der Waals surface area contributed by atoms with Gasteiger partial charge in [0.25, 0.3) is 5.69 Å². The van der Waals surface area contributed by atoms with Crippen LogP contribution in [0.4, 0.5) is 5.69 Å². The smallest absolute Gasteiger partial charge is 0.269 e. The SMILES string of the molecule is CC(Sc1ccc([N+](=O)[O-])cc1)C(=O)NCCNC(=O)C1CCCC1. The van der Waals surface area contributed by atoms with E-state index in [1.165, 1.54) is 23.9 Å². The molecule has 0 bridgehead atoms. The number of amides is 2. The normalized spacial score (nSPS) is 15.6. The van der Waals surface area contributed by atoms with Crippen molar-refractivity contribution in [2.45, 2.75) is 42.8 Å². The van der Waals surface area contributed by atoms with Crippen molar-refractivity contribution >= 4 is 29.3 Å². The number of nitrogens with one attached hydrogen (secondary N) is 2. The molecule has 1 aromatic rings. The number of hydrogen-bond donors (Lipinski definition) is 2. The summed E-state index contributed by atoms with van der Waals surface area (Å²) in [5.41, 5.74) is 0.0273. The molecule has 1 unspecified atom stereocenters. The highest BCUT2D eigenvalue weighted by Crippen LogP contribution is 2.25. The van der Waals surface area contributed by atoms with Crippen LogP contribution in [0, 0.1) is 16.0 Å². The fourth-order valence-corrected chi connectivity index (χ4v) is 3.64. The van der Waals surface area contributed by atoms with E-state index in [2.05, 4.69) is 10.6 Å². The number of rotatable bonds is 8. The van der Waals surface area contributed by atoms with Crippen LogP contribution in [0.3, 0.4) is 0 Å². The fraction of sp³-hybridized carbons (Fsp3) is 0.529. The Kier molecular flexibility index (Phi) is 7.24. The summed E-state index contributed by atoms with van der Waals surface area (Å²) in [5, 5.41) is 16.0. The van der Waals surface area contributed by atoms with E-state index < -0.39 is 4.92 Å². The Balaban J connectivity index is 1.67. The molecule has 0 heterocycles. The van der Waals surface area contributed by atoms with Crippen molar-refractivity contribution in [1.29, 1.82) is 0 Å². The summed E-state index contributed by atoms with van der Waals surface area (Å²) >= 11 is 1.33. The number of nitro benzene ring substituents is 1. The van der Waals surface area contributed by atoms with Gasteiger partial charge in [-0.15, -0.1) is 11.8 Å². The molecule has 1 aromatic carbocycles. The van der Waals surface area contributed by atoms with Gasteiger partial charge in [-0.25, -0.2) is 0 Å². The molecule has 2 rings (SSSR count). The Labute approximate surface area is 151 Å². The van der Waals surface area contributed by atoms with E-state index in [1.807, 2.05) is 0 Å². The van der Waals surface area contributed by atoms with Crippen LogP contribution in [0.2, 0.25) is 0 Å². The second-order valence-corrected chi connectivity index (χ2v) is 7.49. The monoisotopic (exact) mass is 365 g/mol. The minimum atomic E-state index is -0.454. The first-order valence-electron chi connectivity index (χ1n) is 8.44. The Hall–Kier alpha value is -2.09. The Morgan fingerprint density at radius 3 is 2.40 bits per heavy atom. The molecule has 2 N–H and O–H groups in total. The standard InChI is InChI=1S/C17H23N3O4S/c1-12(25-15-8-6-14(7-9-15)20(23)24)16(21)18-10-11-19-17(22)13-4-2-3-5-13/h6-9,12-13H,2-5,10-11H2,1H3,(H,18,21)(H,19,22). The summed E-state index contributed by atoms with van der Waals surface area (Å²) < 4.78 is 0. The van der Waals surface area contributed by atoms with Gasteiger partial charge in [0.1, 0.15) is 0 Å². The van der Waals surface area contributed by atoms with Crippen molar-refractivity contribution < 1.29 is 14.5 Å². The summed E-state index contributed by atoms with van der Waals surface area (Å²) in [6.45, 7) is 2.59. The van der Waals surface area contributed by atoms with Crippen molar-refractivity contribution in [3.05, 3.63) is 34.4 Å². The predicted molar refractivity (Wildman–Crippen MR) is 96.4 cm³/mol. The third-order valence-electron chi connectivity index (χ3n) is 4.18. The first-order valence-corrected chi connectivity index (χ1v) is 9.32. The molecule has 0 saturated heterocycles. The zero-order valence-electron chi connectivity index (χ0n) is 14.2. The van der Waals surface area contributed by atoms with E-state index in [4.69, 9.17) is 0 Å². The molecular weight excluding hydrogens is 342 g/mol. The highest BCUT2D eigenvalue weighted by Gasteiger charge is 2.22. The maximum atomic E-state index is 12.1. The molecule has 25 heavy (non-hydrogen) atoms. The molecule has 1 atom stereocenters.